The molecule has 36 heavy (non-hydrogen) atoms. The number of carbonyl (C=O) groups is 1. The van der Waals surface area contributed by atoms with E-state index in [0.29, 0.717) is 0 Å². The van der Waals surface area contributed by atoms with Crippen LogP contribution in [0.25, 0.3) is 0 Å². The molecule has 0 aliphatic carbocycles. The molecule has 0 spiro atoms. The third-order valence-electron chi connectivity index (χ3n) is 5.40. The summed E-state index contributed by atoms with van der Waals surface area (Å²) in [6.45, 7) is 5.60. The van der Waals surface area contributed by atoms with E-state index in [2.05, 4.69) is 10.1 Å². The molecule has 1 aromatic carbocycles. The van der Waals surface area contributed by atoms with E-state index in [9.17, 15) is 24.1 Å². The molecule has 0 saturated carbocycles. The Morgan fingerprint density at radius 2 is 1.97 bits per heavy atom. The van der Waals surface area contributed by atoms with Crippen LogP contribution in [0.15, 0.2) is 52.2 Å². The minimum atomic E-state index is -4.27. The number of halogens is 1. The molecule has 14 heteroatoms. The number of aromatic nitrogens is 2. The quantitative estimate of drug-likeness (QED) is 0.229. The van der Waals surface area contributed by atoms with E-state index in [1.165, 1.54) is 27.0 Å². The lowest BCUT2D eigenvalue weighted by molar-refractivity contribution is -0.149. The molecular formula is C22H29ClN3O9P. The van der Waals surface area contributed by atoms with Gasteiger partial charge in [-0.2, -0.15) is 5.09 Å². The Morgan fingerprint density at radius 1 is 1.31 bits per heavy atom. The van der Waals surface area contributed by atoms with Crippen molar-refractivity contribution >= 4 is 25.3 Å². The summed E-state index contributed by atoms with van der Waals surface area (Å²) in [4.78, 5) is 36.6. The number of H-pyrrole nitrogens is 1. The monoisotopic (exact) mass is 545 g/mol. The van der Waals surface area contributed by atoms with Crippen molar-refractivity contribution in [1.29, 1.82) is 0 Å². The lowest BCUT2D eigenvalue weighted by Crippen LogP contribution is -2.47. The second-order valence-corrected chi connectivity index (χ2v) is 11.3. The Balaban J connectivity index is 1.84. The van der Waals surface area contributed by atoms with Crippen LogP contribution in [0.3, 0.4) is 0 Å². The lowest BCUT2D eigenvalue weighted by Gasteiger charge is -2.30. The molecule has 1 aliphatic heterocycles. The molecule has 1 unspecified atom stereocenters. The molecule has 5 atom stereocenters. The first-order valence-corrected chi connectivity index (χ1v) is 13.0. The summed E-state index contributed by atoms with van der Waals surface area (Å²) < 4.78 is 36.8. The standard InChI is InChI=1S/C22H29ClN3O9P/c1-5-32-19(29)21(2,3)25-36(31,35-14-9-7-6-8-10-14)33-13-15-17(28)22(4,23)18(34-15)26-12-11-16(27)24-20(26)30/h6-12,15,17-18,28H,5,13H2,1-4H3,(H,25,31)(H,24,27,30)/t15-,17-,18-,22-,36?/m1/s1. The van der Waals surface area contributed by atoms with Crippen LogP contribution in [-0.2, 0) is 23.4 Å². The number of aromatic amines is 1. The second-order valence-electron chi connectivity index (χ2n) is 8.80. The highest BCUT2D eigenvalue weighted by Crippen LogP contribution is 2.49. The van der Waals surface area contributed by atoms with E-state index < -0.39 is 60.4 Å². The van der Waals surface area contributed by atoms with E-state index in [1.54, 1.807) is 37.3 Å². The van der Waals surface area contributed by atoms with Gasteiger partial charge in [0.25, 0.3) is 5.56 Å². The van der Waals surface area contributed by atoms with Crippen LogP contribution in [0, 0.1) is 0 Å². The zero-order chi connectivity index (χ0) is 26.7. The molecule has 2 heterocycles. The Hall–Kier alpha value is -2.47. The molecule has 1 fully saturated rings. The van der Waals surface area contributed by atoms with Gasteiger partial charge in [-0.3, -0.25) is 23.7 Å². The van der Waals surface area contributed by atoms with Crippen molar-refractivity contribution in [2.45, 2.75) is 56.5 Å². The number of alkyl halides is 1. The van der Waals surface area contributed by atoms with Crippen LogP contribution in [0.4, 0.5) is 0 Å². The highest BCUT2D eigenvalue weighted by molar-refractivity contribution is 7.52. The molecule has 1 aliphatic rings. The van der Waals surface area contributed by atoms with E-state index in [-0.39, 0.29) is 12.4 Å². The lowest BCUT2D eigenvalue weighted by atomic mass is 10.0. The van der Waals surface area contributed by atoms with Crippen molar-refractivity contribution in [1.82, 2.24) is 14.6 Å². The molecule has 3 rings (SSSR count). The number of rotatable bonds is 10. The van der Waals surface area contributed by atoms with Crippen LogP contribution in [-0.4, -0.2) is 56.5 Å². The van der Waals surface area contributed by atoms with E-state index in [4.69, 9.17) is 30.1 Å². The van der Waals surface area contributed by atoms with Crippen LogP contribution in [0.5, 0.6) is 5.75 Å². The molecule has 12 nitrogen and oxygen atoms in total. The first-order chi connectivity index (χ1) is 16.8. The summed E-state index contributed by atoms with van der Waals surface area (Å²) in [6, 6.07) is 9.25. The topological polar surface area (TPSA) is 158 Å². The molecule has 1 aromatic heterocycles. The van der Waals surface area contributed by atoms with Crippen LogP contribution in [0.1, 0.15) is 33.9 Å². The number of ether oxygens (including phenoxy) is 2. The number of aliphatic hydroxyl groups is 1. The van der Waals surface area contributed by atoms with E-state index in [1.807, 2.05) is 0 Å². The molecule has 1 saturated heterocycles. The summed E-state index contributed by atoms with van der Waals surface area (Å²) in [5, 5.41) is 13.4. The van der Waals surface area contributed by atoms with Crippen molar-refractivity contribution in [3.63, 3.8) is 0 Å². The molecule has 198 valence electrons. The highest BCUT2D eigenvalue weighted by atomic mass is 35.5. The fourth-order valence-corrected chi connectivity index (χ4v) is 5.51. The van der Waals surface area contributed by atoms with Crippen molar-refractivity contribution in [2.75, 3.05) is 13.2 Å². The van der Waals surface area contributed by atoms with Crippen LogP contribution < -0.4 is 20.9 Å². The van der Waals surface area contributed by atoms with Crippen LogP contribution >= 0.6 is 19.3 Å². The van der Waals surface area contributed by atoms with Gasteiger partial charge in [-0.15, -0.1) is 11.6 Å². The number of hydrogen-bond acceptors (Lipinski definition) is 9. The van der Waals surface area contributed by atoms with Gasteiger partial charge in [-0.1, -0.05) is 18.2 Å². The summed E-state index contributed by atoms with van der Waals surface area (Å²) in [5.74, 6) is -0.491. The Bertz CT molecular complexity index is 1230. The number of aliphatic hydroxyl groups excluding tert-OH is 1. The van der Waals surface area contributed by atoms with E-state index >= 15 is 0 Å². The zero-order valence-corrected chi connectivity index (χ0v) is 21.8. The van der Waals surface area contributed by atoms with Gasteiger partial charge in [0.1, 0.15) is 28.4 Å². The van der Waals surface area contributed by atoms with Crippen molar-refractivity contribution in [2.24, 2.45) is 0 Å². The maximum Gasteiger partial charge on any atom is 0.459 e. The fourth-order valence-electron chi connectivity index (χ4n) is 3.54. The minimum absolute atomic E-state index is 0.108. The SMILES string of the molecule is CCOC(=O)C(C)(C)NP(=O)(OC[C@H]1O[C@@H](n2ccc(=O)[nH]c2=O)[C@](C)(Cl)[C@@H]1O)Oc1ccccc1. The third kappa shape index (κ3) is 6.26. The highest BCUT2D eigenvalue weighted by Gasteiger charge is 2.54. The maximum absolute atomic E-state index is 13.7. The predicted molar refractivity (Wildman–Crippen MR) is 130 cm³/mol. The van der Waals surface area contributed by atoms with Gasteiger partial charge in [0.2, 0.25) is 0 Å². The average Bonchev–Trinajstić information content (AvgIpc) is 3.01. The van der Waals surface area contributed by atoms with Crippen molar-refractivity contribution < 1.29 is 33.0 Å². The molecule has 0 bridgehead atoms. The number of nitrogens with one attached hydrogen (secondary N) is 2. The third-order valence-corrected chi connectivity index (χ3v) is 7.58. The zero-order valence-electron chi connectivity index (χ0n) is 20.2. The van der Waals surface area contributed by atoms with Crippen molar-refractivity contribution in [3.05, 3.63) is 63.4 Å². The smallest absolute Gasteiger partial charge is 0.459 e. The largest absolute Gasteiger partial charge is 0.465 e. The molecule has 3 N–H and O–H groups in total. The van der Waals surface area contributed by atoms with Gasteiger partial charge < -0.3 is 19.1 Å². The number of carbonyl (C=O) groups excluding carboxylic acids is 1. The molecule has 2 aromatic rings. The Labute approximate surface area is 212 Å². The van der Waals surface area contributed by atoms with Gasteiger partial charge >= 0.3 is 19.4 Å². The van der Waals surface area contributed by atoms with Gasteiger partial charge in [-0.25, -0.2) is 9.36 Å². The first-order valence-electron chi connectivity index (χ1n) is 11.1. The summed E-state index contributed by atoms with van der Waals surface area (Å²) in [7, 11) is -4.27. The second kappa shape index (κ2) is 10.9. The Kier molecular flexibility index (Phi) is 8.49. The van der Waals surface area contributed by atoms with Gasteiger partial charge in [-0.05, 0) is 39.8 Å². The van der Waals surface area contributed by atoms with Crippen molar-refractivity contribution in [3.8, 4) is 5.75 Å². The number of para-hydroxylation sites is 1. The molecule has 0 radical (unpaired) electrons. The average molecular weight is 546 g/mol. The van der Waals surface area contributed by atoms with Crippen LogP contribution in [0.2, 0.25) is 0 Å². The molecular weight excluding hydrogens is 517 g/mol. The number of benzene rings is 1. The Morgan fingerprint density at radius 3 is 2.58 bits per heavy atom. The summed E-state index contributed by atoms with van der Waals surface area (Å²) in [6.07, 6.45) is -2.54. The predicted octanol–water partition coefficient (Wildman–Crippen LogP) is 1.93. The van der Waals surface area contributed by atoms with Gasteiger partial charge in [0, 0.05) is 12.3 Å². The fraction of sp³-hybridized carbons (Fsp3) is 0.500. The minimum Gasteiger partial charge on any atom is -0.465 e. The summed E-state index contributed by atoms with van der Waals surface area (Å²) in [5.41, 5.74) is -2.87. The number of nitrogens with zero attached hydrogens (tertiary/aromatic N) is 1. The summed E-state index contributed by atoms with van der Waals surface area (Å²) >= 11 is 6.53. The molecule has 0 amide bonds. The van der Waals surface area contributed by atoms with Gasteiger partial charge in [0.15, 0.2) is 6.23 Å². The van der Waals surface area contributed by atoms with E-state index in [0.717, 1.165) is 10.6 Å². The normalized spacial score (nSPS) is 25.8. The maximum atomic E-state index is 13.7. The van der Waals surface area contributed by atoms with Gasteiger partial charge in [0.05, 0.1) is 13.2 Å². The number of esters is 1. The first kappa shape index (κ1) is 28.1. The number of hydrogen-bond donors (Lipinski definition) is 3.